The number of benzene rings is 2. The molecule has 2 aromatic carbocycles. The molecule has 0 N–H and O–H groups in total. The quantitative estimate of drug-likeness (QED) is 0.381. The predicted molar refractivity (Wildman–Crippen MR) is 141 cm³/mol. The maximum Gasteiger partial charge on any atom is 0.279 e. The molecule has 2 heterocycles. The summed E-state index contributed by atoms with van der Waals surface area (Å²) in [6.45, 7) is 6.15. The number of hydrogen-bond donors (Lipinski definition) is 0. The minimum absolute atomic E-state index is 0.0266. The van der Waals surface area contributed by atoms with Crippen molar-refractivity contribution in [3.63, 3.8) is 0 Å². The summed E-state index contributed by atoms with van der Waals surface area (Å²) >= 11 is 1.40. The number of fused-ring (bicyclic) bond motifs is 1. The zero-order chi connectivity index (χ0) is 25.7. The molecule has 0 saturated carbocycles. The SMILES string of the molecule is CCOCCn1c(=NC(=O)c2ccc(S(=O)(=O)N3CCCCC3CC)cc2)sc2cc(OC)ccc21. The Hall–Kier alpha value is -2.53. The van der Waals surface area contributed by atoms with E-state index in [1.807, 2.05) is 36.6 Å². The lowest BCUT2D eigenvalue weighted by atomic mass is 10.0. The minimum atomic E-state index is -3.60. The Morgan fingerprint density at radius 3 is 2.61 bits per heavy atom. The van der Waals surface area contributed by atoms with Crippen LogP contribution in [0, 0.1) is 0 Å². The fourth-order valence-electron chi connectivity index (χ4n) is 4.54. The van der Waals surface area contributed by atoms with Crippen molar-refractivity contribution in [1.29, 1.82) is 0 Å². The van der Waals surface area contributed by atoms with Gasteiger partial charge in [-0.25, -0.2) is 8.42 Å². The second-order valence-electron chi connectivity index (χ2n) is 8.68. The Balaban J connectivity index is 1.63. The van der Waals surface area contributed by atoms with Gasteiger partial charge >= 0.3 is 0 Å². The van der Waals surface area contributed by atoms with Gasteiger partial charge in [-0.3, -0.25) is 4.79 Å². The number of methoxy groups -OCH3 is 1. The number of thiazole rings is 1. The van der Waals surface area contributed by atoms with Crippen LogP contribution < -0.4 is 9.54 Å². The first-order chi connectivity index (χ1) is 17.4. The molecule has 0 spiro atoms. The van der Waals surface area contributed by atoms with E-state index in [0.29, 0.717) is 36.7 Å². The predicted octanol–water partition coefficient (Wildman–Crippen LogP) is 4.44. The molecule has 1 atom stereocenters. The average molecular weight is 532 g/mol. The molecule has 1 unspecified atom stereocenters. The number of rotatable bonds is 9. The molecular weight excluding hydrogens is 498 g/mol. The van der Waals surface area contributed by atoms with Gasteiger partial charge in [-0.2, -0.15) is 9.30 Å². The molecule has 3 aromatic rings. The number of hydrogen-bond acceptors (Lipinski definition) is 6. The molecule has 0 aliphatic carbocycles. The Bertz CT molecular complexity index is 1380. The van der Waals surface area contributed by atoms with Crippen LogP contribution in [-0.4, -0.2) is 56.1 Å². The zero-order valence-corrected chi connectivity index (χ0v) is 22.6. The number of amides is 1. The van der Waals surface area contributed by atoms with Gasteiger partial charge in [-0.15, -0.1) is 0 Å². The number of carbonyl (C=O) groups is 1. The van der Waals surface area contributed by atoms with E-state index in [4.69, 9.17) is 9.47 Å². The third-order valence-corrected chi connectivity index (χ3v) is 9.51. The van der Waals surface area contributed by atoms with E-state index < -0.39 is 15.9 Å². The largest absolute Gasteiger partial charge is 0.497 e. The normalized spacial score (nSPS) is 17.5. The summed E-state index contributed by atoms with van der Waals surface area (Å²) in [5.41, 5.74) is 1.28. The third-order valence-electron chi connectivity index (χ3n) is 6.50. The van der Waals surface area contributed by atoms with Crippen LogP contribution >= 0.6 is 11.3 Å². The molecule has 0 radical (unpaired) electrons. The van der Waals surface area contributed by atoms with Gasteiger partial charge < -0.3 is 14.0 Å². The lowest BCUT2D eigenvalue weighted by Crippen LogP contribution is -2.43. The molecule has 1 saturated heterocycles. The Labute approximate surface area is 216 Å². The number of nitrogens with zero attached hydrogens (tertiary/aromatic N) is 3. The van der Waals surface area contributed by atoms with Crippen LogP contribution in [0.15, 0.2) is 52.4 Å². The number of carbonyl (C=O) groups excluding carboxylic acids is 1. The van der Waals surface area contributed by atoms with E-state index in [2.05, 4.69) is 4.99 Å². The number of ether oxygens (including phenoxy) is 2. The summed E-state index contributed by atoms with van der Waals surface area (Å²) in [5.74, 6) is 0.307. The Morgan fingerprint density at radius 2 is 1.92 bits per heavy atom. The van der Waals surface area contributed by atoms with E-state index in [1.165, 1.54) is 23.5 Å². The number of aromatic nitrogens is 1. The van der Waals surface area contributed by atoms with Gasteiger partial charge in [0.15, 0.2) is 4.80 Å². The number of piperidine rings is 1. The summed E-state index contributed by atoms with van der Waals surface area (Å²) in [6, 6.07) is 11.9. The maximum atomic E-state index is 13.2. The minimum Gasteiger partial charge on any atom is -0.497 e. The molecule has 10 heteroatoms. The van der Waals surface area contributed by atoms with Crippen LogP contribution in [-0.2, 0) is 21.3 Å². The topological polar surface area (TPSA) is 90.2 Å². The summed E-state index contributed by atoms with van der Waals surface area (Å²) in [7, 11) is -1.99. The van der Waals surface area contributed by atoms with Crippen molar-refractivity contribution in [2.75, 3.05) is 26.9 Å². The standard InChI is InChI=1S/C26H33N3O5S2/c1-4-20-8-6-7-15-29(20)36(31,32)22-12-9-19(10-13-22)25(30)27-26-28(16-17-34-5-2)23-14-11-21(33-3)18-24(23)35-26/h9-14,18,20H,4-8,15-17H2,1-3H3. The molecule has 0 bridgehead atoms. The highest BCUT2D eigenvalue weighted by molar-refractivity contribution is 7.89. The molecule has 194 valence electrons. The molecule has 1 amide bonds. The molecule has 1 fully saturated rings. The average Bonchev–Trinajstić information content (AvgIpc) is 3.24. The first-order valence-electron chi connectivity index (χ1n) is 12.3. The highest BCUT2D eigenvalue weighted by Gasteiger charge is 2.32. The summed E-state index contributed by atoms with van der Waals surface area (Å²) in [4.78, 5) is 18.2. The summed E-state index contributed by atoms with van der Waals surface area (Å²) in [6.07, 6.45) is 3.60. The van der Waals surface area contributed by atoms with Crippen LogP contribution in [0.3, 0.4) is 0 Å². The second kappa shape index (κ2) is 11.7. The van der Waals surface area contributed by atoms with Crippen molar-refractivity contribution < 1.29 is 22.7 Å². The van der Waals surface area contributed by atoms with Gasteiger partial charge in [-0.05, 0) is 68.7 Å². The van der Waals surface area contributed by atoms with Gasteiger partial charge in [0.25, 0.3) is 5.91 Å². The van der Waals surface area contributed by atoms with Crippen LogP contribution in [0.5, 0.6) is 5.75 Å². The van der Waals surface area contributed by atoms with Gasteiger partial charge in [0.05, 0.1) is 28.8 Å². The Morgan fingerprint density at radius 1 is 1.14 bits per heavy atom. The van der Waals surface area contributed by atoms with Gasteiger partial charge in [-0.1, -0.05) is 24.7 Å². The lowest BCUT2D eigenvalue weighted by molar-refractivity contribution is 0.0996. The summed E-state index contributed by atoms with van der Waals surface area (Å²) < 4.78 is 41.9. The Kier molecular flexibility index (Phi) is 8.61. The van der Waals surface area contributed by atoms with E-state index in [-0.39, 0.29) is 10.9 Å². The van der Waals surface area contributed by atoms with Crippen molar-refractivity contribution in [3.05, 3.63) is 52.8 Å². The molecule has 1 aromatic heterocycles. The van der Waals surface area contributed by atoms with E-state index >= 15 is 0 Å². The van der Waals surface area contributed by atoms with Crippen LogP contribution in [0.2, 0.25) is 0 Å². The molecule has 4 rings (SSSR count). The smallest absolute Gasteiger partial charge is 0.279 e. The van der Waals surface area contributed by atoms with Gasteiger partial charge in [0, 0.05) is 31.3 Å². The molecule has 36 heavy (non-hydrogen) atoms. The first-order valence-corrected chi connectivity index (χ1v) is 14.6. The maximum absolute atomic E-state index is 13.2. The fraction of sp³-hybridized carbons (Fsp3) is 0.462. The van der Waals surface area contributed by atoms with Crippen molar-refractivity contribution in [1.82, 2.24) is 8.87 Å². The molecular formula is C26H33N3O5S2. The van der Waals surface area contributed by atoms with E-state index in [1.54, 1.807) is 23.5 Å². The van der Waals surface area contributed by atoms with E-state index in [9.17, 15) is 13.2 Å². The van der Waals surface area contributed by atoms with Crippen LogP contribution in [0.4, 0.5) is 0 Å². The lowest BCUT2D eigenvalue weighted by Gasteiger charge is -2.34. The van der Waals surface area contributed by atoms with Crippen molar-refractivity contribution in [2.24, 2.45) is 4.99 Å². The summed E-state index contributed by atoms with van der Waals surface area (Å²) in [5, 5.41) is 0. The van der Waals surface area contributed by atoms with Crippen molar-refractivity contribution >= 4 is 37.5 Å². The highest BCUT2D eigenvalue weighted by Crippen LogP contribution is 2.27. The highest BCUT2D eigenvalue weighted by atomic mass is 32.2. The van der Waals surface area contributed by atoms with Crippen molar-refractivity contribution in [2.45, 2.75) is 57.0 Å². The second-order valence-corrected chi connectivity index (χ2v) is 11.6. The van der Waals surface area contributed by atoms with Crippen molar-refractivity contribution in [3.8, 4) is 5.75 Å². The third kappa shape index (κ3) is 5.56. The molecule has 8 nitrogen and oxygen atoms in total. The molecule has 1 aliphatic rings. The zero-order valence-electron chi connectivity index (χ0n) is 21.0. The van der Waals surface area contributed by atoms with Crippen LogP contribution in [0.1, 0.15) is 49.9 Å². The van der Waals surface area contributed by atoms with Gasteiger partial charge in [0.2, 0.25) is 10.0 Å². The number of sulfonamides is 1. The monoisotopic (exact) mass is 531 g/mol. The molecule has 1 aliphatic heterocycles. The first kappa shape index (κ1) is 26.5. The fourth-order valence-corrected chi connectivity index (χ4v) is 7.39. The van der Waals surface area contributed by atoms with Crippen LogP contribution in [0.25, 0.3) is 10.2 Å². The van der Waals surface area contributed by atoms with E-state index in [0.717, 1.165) is 41.6 Å². The van der Waals surface area contributed by atoms with Gasteiger partial charge in [0.1, 0.15) is 5.75 Å².